The van der Waals surface area contributed by atoms with Gasteiger partial charge in [0.25, 0.3) is 0 Å². The minimum atomic E-state index is 0.924. The molecule has 0 aliphatic rings. The maximum absolute atomic E-state index is 5.01. The lowest BCUT2D eigenvalue weighted by Gasteiger charge is -2.16. The van der Waals surface area contributed by atoms with Crippen LogP contribution in [0.5, 0.6) is 0 Å². The molecule has 0 N–H and O–H groups in total. The van der Waals surface area contributed by atoms with Crippen LogP contribution in [0.2, 0.25) is 0 Å². The zero-order valence-electron chi connectivity index (χ0n) is 25.2. The first kappa shape index (κ1) is 26.5. The van der Waals surface area contributed by atoms with E-state index in [1.807, 2.05) is 63.4 Å². The van der Waals surface area contributed by atoms with E-state index in [4.69, 9.17) is 4.98 Å². The molecule has 0 saturated carbocycles. The predicted octanol–water partition coefficient (Wildman–Crippen LogP) is 8.92. The molecule has 5 aromatic heterocycles. The Morgan fingerprint density at radius 2 is 1.54 bits per heavy atom. The molecule has 7 nitrogen and oxygen atoms in total. The summed E-state index contributed by atoms with van der Waals surface area (Å²) in [7, 11) is 4.07. The highest BCUT2D eigenvalue weighted by molar-refractivity contribution is 7.21. The van der Waals surface area contributed by atoms with E-state index < -0.39 is 0 Å². The second-order valence-electron chi connectivity index (χ2n) is 11.5. The van der Waals surface area contributed by atoms with Crippen LogP contribution in [0.4, 0.5) is 0 Å². The Bertz CT molecular complexity index is 2530. The van der Waals surface area contributed by atoms with Crippen LogP contribution >= 0.6 is 11.3 Å². The molecule has 8 heteroatoms. The van der Waals surface area contributed by atoms with Crippen LogP contribution in [-0.4, -0.2) is 33.6 Å². The molecular formula is C38H27N7S. The number of fused-ring (bicyclic) bond motifs is 4. The normalized spacial score (nSPS) is 11.7. The molecule has 0 unspecified atom stereocenters. The molecule has 0 bridgehead atoms. The second-order valence-corrected chi connectivity index (χ2v) is 12.5. The van der Waals surface area contributed by atoms with Gasteiger partial charge in [-0.05, 0) is 54.6 Å². The van der Waals surface area contributed by atoms with Crippen molar-refractivity contribution >= 4 is 43.4 Å². The number of hydrogen-bond acceptors (Lipinski definition) is 5. The number of imidazole rings is 2. The van der Waals surface area contributed by atoms with Gasteiger partial charge in [0, 0.05) is 65.7 Å². The summed E-state index contributed by atoms with van der Waals surface area (Å²) in [5.74, 6) is 0.932. The molecule has 4 aromatic carbocycles. The molecular weight excluding hydrogens is 587 g/mol. The Balaban J connectivity index is 1.37. The average molecular weight is 614 g/mol. The van der Waals surface area contributed by atoms with Gasteiger partial charge in [-0.2, -0.15) is 0 Å². The molecule has 0 amide bonds. The molecule has 0 saturated heterocycles. The largest absolute Gasteiger partial charge is 0.334 e. The number of rotatable bonds is 5. The zero-order chi connectivity index (χ0) is 30.8. The molecule has 0 radical (unpaired) electrons. The van der Waals surface area contributed by atoms with Crippen molar-refractivity contribution in [3.8, 4) is 50.2 Å². The lowest BCUT2D eigenvalue weighted by atomic mass is 10.0. The summed E-state index contributed by atoms with van der Waals surface area (Å²) in [4.78, 5) is 18.8. The van der Waals surface area contributed by atoms with E-state index >= 15 is 0 Å². The van der Waals surface area contributed by atoms with E-state index in [0.717, 1.165) is 77.5 Å². The van der Waals surface area contributed by atoms with Crippen molar-refractivity contribution in [1.29, 1.82) is 0 Å². The molecule has 46 heavy (non-hydrogen) atoms. The number of aromatic nitrogens is 7. The minimum Gasteiger partial charge on any atom is -0.334 e. The fourth-order valence-electron chi connectivity index (χ4n) is 6.43. The van der Waals surface area contributed by atoms with E-state index in [9.17, 15) is 0 Å². The first-order valence-corrected chi connectivity index (χ1v) is 15.9. The number of nitrogens with zero attached hydrogens (tertiary/aromatic N) is 7. The summed E-state index contributed by atoms with van der Waals surface area (Å²) in [5, 5.41) is 3.32. The molecule has 5 heterocycles. The van der Waals surface area contributed by atoms with E-state index in [2.05, 4.69) is 108 Å². The van der Waals surface area contributed by atoms with Crippen molar-refractivity contribution in [3.05, 3.63) is 128 Å². The number of thiazole rings is 1. The summed E-state index contributed by atoms with van der Waals surface area (Å²) in [6.45, 7) is 0. The van der Waals surface area contributed by atoms with Crippen molar-refractivity contribution in [1.82, 2.24) is 33.6 Å². The van der Waals surface area contributed by atoms with Crippen LogP contribution in [0.25, 0.3) is 82.2 Å². The van der Waals surface area contributed by atoms with Gasteiger partial charge in [0.1, 0.15) is 10.8 Å². The third kappa shape index (κ3) is 4.18. The third-order valence-corrected chi connectivity index (χ3v) is 9.76. The van der Waals surface area contributed by atoms with Crippen molar-refractivity contribution in [2.24, 2.45) is 14.1 Å². The highest BCUT2D eigenvalue weighted by atomic mass is 32.1. The molecule has 9 rings (SSSR count). The summed E-state index contributed by atoms with van der Waals surface area (Å²) in [6.07, 6.45) is 9.45. The van der Waals surface area contributed by atoms with Crippen molar-refractivity contribution < 1.29 is 0 Å². The van der Waals surface area contributed by atoms with E-state index in [1.165, 1.54) is 4.70 Å². The molecule has 0 fully saturated rings. The minimum absolute atomic E-state index is 0.924. The molecule has 220 valence electrons. The molecule has 0 atom stereocenters. The van der Waals surface area contributed by atoms with Crippen molar-refractivity contribution in [2.75, 3.05) is 0 Å². The van der Waals surface area contributed by atoms with Gasteiger partial charge in [-0.3, -0.25) is 4.98 Å². The Hall–Kier alpha value is -5.86. The Labute approximate surface area is 268 Å². The Kier molecular flexibility index (Phi) is 5.97. The maximum atomic E-state index is 5.01. The number of para-hydroxylation sites is 1. The van der Waals surface area contributed by atoms with Gasteiger partial charge in [0.05, 0.1) is 50.8 Å². The Morgan fingerprint density at radius 3 is 2.35 bits per heavy atom. The quantitative estimate of drug-likeness (QED) is 0.194. The van der Waals surface area contributed by atoms with Crippen molar-refractivity contribution in [3.63, 3.8) is 0 Å². The fraction of sp³-hybridized carbons (Fsp3) is 0.0526. The number of hydrogen-bond donors (Lipinski definition) is 0. The van der Waals surface area contributed by atoms with E-state index in [0.29, 0.717) is 0 Å². The van der Waals surface area contributed by atoms with Crippen LogP contribution in [0.1, 0.15) is 0 Å². The van der Waals surface area contributed by atoms with E-state index in [1.54, 1.807) is 11.3 Å². The predicted molar refractivity (Wildman–Crippen MR) is 187 cm³/mol. The van der Waals surface area contributed by atoms with Crippen LogP contribution in [0.3, 0.4) is 0 Å². The first-order chi connectivity index (χ1) is 22.6. The molecule has 0 spiro atoms. The molecule has 0 aliphatic carbocycles. The number of benzene rings is 4. The summed E-state index contributed by atoms with van der Waals surface area (Å²) >= 11 is 1.72. The fourth-order valence-corrected chi connectivity index (χ4v) is 7.40. The topological polar surface area (TPSA) is 66.3 Å². The van der Waals surface area contributed by atoms with Crippen LogP contribution in [-0.2, 0) is 14.1 Å². The monoisotopic (exact) mass is 613 g/mol. The van der Waals surface area contributed by atoms with Gasteiger partial charge in [-0.15, -0.1) is 11.3 Å². The highest BCUT2D eigenvalue weighted by Gasteiger charge is 2.20. The first-order valence-electron chi connectivity index (χ1n) is 15.1. The standard InChI is InChI=1S/C38H27N7S/c1-43-18-17-41-37(43)25-12-15-32-29(19-25)27-13-11-26(38-42-31-8-3-4-9-36(31)46-38)21-33(27)45(32)34-20-24(30-7-5-6-16-40-30)10-14-28(34)35-22-39-23-44(35)2/h3-23H,1-2H3. The Morgan fingerprint density at radius 1 is 0.674 bits per heavy atom. The smallest absolute Gasteiger partial charge is 0.139 e. The highest BCUT2D eigenvalue weighted by Crippen LogP contribution is 2.41. The molecule has 9 aromatic rings. The number of pyridine rings is 1. The van der Waals surface area contributed by atoms with E-state index in [-0.39, 0.29) is 0 Å². The van der Waals surface area contributed by atoms with Crippen LogP contribution in [0, 0.1) is 0 Å². The average Bonchev–Trinajstić information content (AvgIpc) is 3.89. The molecule has 0 aliphatic heterocycles. The van der Waals surface area contributed by atoms with Gasteiger partial charge in [0.15, 0.2) is 0 Å². The van der Waals surface area contributed by atoms with Gasteiger partial charge < -0.3 is 13.7 Å². The van der Waals surface area contributed by atoms with Gasteiger partial charge >= 0.3 is 0 Å². The zero-order valence-corrected chi connectivity index (χ0v) is 26.0. The lowest BCUT2D eigenvalue weighted by molar-refractivity contribution is 0.920. The van der Waals surface area contributed by atoms with Crippen LogP contribution < -0.4 is 0 Å². The summed E-state index contributed by atoms with van der Waals surface area (Å²) < 4.78 is 7.69. The third-order valence-electron chi connectivity index (χ3n) is 8.68. The van der Waals surface area contributed by atoms with Crippen molar-refractivity contribution in [2.45, 2.75) is 0 Å². The summed E-state index contributed by atoms with van der Waals surface area (Å²) in [5.41, 5.74) is 10.5. The number of aryl methyl sites for hydroxylation is 2. The summed E-state index contributed by atoms with van der Waals surface area (Å²) in [6, 6.07) is 34.3. The van der Waals surface area contributed by atoms with Gasteiger partial charge in [0.2, 0.25) is 0 Å². The SMILES string of the molecule is Cn1cncc1-c1ccc(-c2ccccn2)cc1-n1c2ccc(-c3nccn3C)cc2c2ccc(-c3nc4ccccc4s3)cc21. The van der Waals surface area contributed by atoms with Gasteiger partial charge in [-0.25, -0.2) is 15.0 Å². The van der Waals surface area contributed by atoms with Gasteiger partial charge in [-0.1, -0.05) is 42.5 Å². The lowest BCUT2D eigenvalue weighted by Crippen LogP contribution is -2.01. The van der Waals surface area contributed by atoms with Crippen LogP contribution in [0.15, 0.2) is 128 Å². The second kappa shape index (κ2) is 10.4. The maximum Gasteiger partial charge on any atom is 0.139 e.